The maximum atomic E-state index is 4.16. The molecule has 6 nitrogen and oxygen atoms in total. The summed E-state index contributed by atoms with van der Waals surface area (Å²) >= 11 is 0. The molecule has 2 aromatic rings. The summed E-state index contributed by atoms with van der Waals surface area (Å²) in [5.41, 5.74) is 2.05. The molecule has 0 aliphatic rings. The van der Waals surface area contributed by atoms with Crippen molar-refractivity contribution in [3.63, 3.8) is 0 Å². The number of nitrogens with zero attached hydrogens (tertiary/aromatic N) is 6. The Hall–Kier alpha value is -1.72. The average Bonchev–Trinajstić information content (AvgIpc) is 2.96. The van der Waals surface area contributed by atoms with E-state index >= 15 is 0 Å². The van der Waals surface area contributed by atoms with Gasteiger partial charge in [-0.2, -0.15) is 0 Å². The number of rotatable bonds is 7. The average molecular weight is 248 g/mol. The van der Waals surface area contributed by atoms with Gasteiger partial charge in [-0.05, 0) is 26.2 Å². The molecule has 0 bridgehead atoms. The second kappa shape index (κ2) is 6.28. The molecule has 0 N–H and O–H groups in total. The smallest absolute Gasteiger partial charge is 0.0827 e. The van der Waals surface area contributed by atoms with Crippen LogP contribution in [0.3, 0.4) is 0 Å². The maximum Gasteiger partial charge on any atom is 0.0827 e. The molecule has 0 atom stereocenters. The molecule has 0 radical (unpaired) electrons. The third-order valence-electron chi connectivity index (χ3n) is 2.80. The van der Waals surface area contributed by atoms with E-state index in [0.717, 1.165) is 37.3 Å². The summed E-state index contributed by atoms with van der Waals surface area (Å²) in [6.45, 7) is 5.87. The fraction of sp³-hybridized carbons (Fsp3) is 0.667. The standard InChI is InChI=1S/C12H20N6/c1-3-4-6-12-10-18(16-14-12)8-5-7-17-9-11(2)13-15-17/h9-10H,3-8H2,1-2H3. The molecule has 0 spiro atoms. The summed E-state index contributed by atoms with van der Waals surface area (Å²) in [5, 5.41) is 16.3. The first-order valence-electron chi connectivity index (χ1n) is 6.53. The normalized spacial score (nSPS) is 11.0. The lowest BCUT2D eigenvalue weighted by Gasteiger charge is -2.00. The molecule has 0 aliphatic heterocycles. The lowest BCUT2D eigenvalue weighted by Crippen LogP contribution is -2.05. The minimum atomic E-state index is 0.866. The van der Waals surface area contributed by atoms with Gasteiger partial charge in [-0.25, -0.2) is 0 Å². The van der Waals surface area contributed by atoms with Crippen LogP contribution in [0.4, 0.5) is 0 Å². The fourth-order valence-corrected chi connectivity index (χ4v) is 1.82. The molecule has 98 valence electrons. The maximum absolute atomic E-state index is 4.16. The van der Waals surface area contributed by atoms with Gasteiger partial charge in [0.05, 0.1) is 11.4 Å². The zero-order valence-electron chi connectivity index (χ0n) is 11.1. The van der Waals surface area contributed by atoms with Gasteiger partial charge in [-0.3, -0.25) is 9.36 Å². The SMILES string of the molecule is CCCCc1cn(CCCn2cc(C)nn2)nn1. The van der Waals surface area contributed by atoms with E-state index in [2.05, 4.69) is 27.5 Å². The third-order valence-corrected chi connectivity index (χ3v) is 2.80. The summed E-state index contributed by atoms with van der Waals surface area (Å²) < 4.78 is 3.78. The van der Waals surface area contributed by atoms with Crippen molar-refractivity contribution in [2.75, 3.05) is 0 Å². The molecule has 6 heteroatoms. The molecule has 18 heavy (non-hydrogen) atoms. The van der Waals surface area contributed by atoms with E-state index in [-0.39, 0.29) is 0 Å². The molecule has 0 saturated carbocycles. The first kappa shape index (κ1) is 12.7. The van der Waals surface area contributed by atoms with Crippen LogP contribution in [0.15, 0.2) is 12.4 Å². The van der Waals surface area contributed by atoms with Gasteiger partial charge in [0.1, 0.15) is 0 Å². The fourth-order valence-electron chi connectivity index (χ4n) is 1.82. The molecule has 0 fully saturated rings. The second-order valence-electron chi connectivity index (χ2n) is 4.55. The Morgan fingerprint density at radius 3 is 2.39 bits per heavy atom. The molecule has 2 heterocycles. The topological polar surface area (TPSA) is 61.4 Å². The zero-order valence-corrected chi connectivity index (χ0v) is 11.1. The van der Waals surface area contributed by atoms with Crippen LogP contribution in [0.1, 0.15) is 37.6 Å². The molecular formula is C12H20N6. The molecule has 2 rings (SSSR count). The van der Waals surface area contributed by atoms with E-state index in [1.807, 2.05) is 28.7 Å². The molecular weight excluding hydrogens is 228 g/mol. The van der Waals surface area contributed by atoms with E-state index in [4.69, 9.17) is 0 Å². The minimum Gasteiger partial charge on any atom is -0.252 e. The van der Waals surface area contributed by atoms with E-state index in [0.29, 0.717) is 0 Å². The first-order valence-corrected chi connectivity index (χ1v) is 6.53. The van der Waals surface area contributed by atoms with E-state index in [1.165, 1.54) is 12.8 Å². The minimum absolute atomic E-state index is 0.866. The Balaban J connectivity index is 1.74. The van der Waals surface area contributed by atoms with Crippen LogP contribution in [0, 0.1) is 6.92 Å². The van der Waals surface area contributed by atoms with Gasteiger partial charge in [0.15, 0.2) is 0 Å². The van der Waals surface area contributed by atoms with E-state index < -0.39 is 0 Å². The summed E-state index contributed by atoms with van der Waals surface area (Å²) in [5.74, 6) is 0. The zero-order chi connectivity index (χ0) is 12.8. The quantitative estimate of drug-likeness (QED) is 0.747. The van der Waals surface area contributed by atoms with Gasteiger partial charge in [-0.15, -0.1) is 10.2 Å². The molecule has 2 aromatic heterocycles. The molecule has 0 saturated heterocycles. The van der Waals surface area contributed by atoms with Crippen molar-refractivity contribution >= 4 is 0 Å². The van der Waals surface area contributed by atoms with E-state index in [9.17, 15) is 0 Å². The molecule has 0 amide bonds. The van der Waals surface area contributed by atoms with Gasteiger partial charge >= 0.3 is 0 Å². The largest absolute Gasteiger partial charge is 0.252 e. The van der Waals surface area contributed by atoms with Crippen LogP contribution in [-0.2, 0) is 19.5 Å². The van der Waals surface area contributed by atoms with Crippen LogP contribution in [0.5, 0.6) is 0 Å². The van der Waals surface area contributed by atoms with Crippen molar-refractivity contribution < 1.29 is 0 Å². The van der Waals surface area contributed by atoms with Crippen LogP contribution in [0.2, 0.25) is 0 Å². The Kier molecular flexibility index (Phi) is 4.44. The highest BCUT2D eigenvalue weighted by molar-refractivity contribution is 4.92. The highest BCUT2D eigenvalue weighted by Gasteiger charge is 2.01. The lowest BCUT2D eigenvalue weighted by atomic mass is 10.2. The first-order chi connectivity index (χ1) is 8.78. The van der Waals surface area contributed by atoms with Crippen LogP contribution >= 0.6 is 0 Å². The highest BCUT2D eigenvalue weighted by Crippen LogP contribution is 2.01. The molecule has 0 aliphatic carbocycles. The Morgan fingerprint density at radius 1 is 1.00 bits per heavy atom. The summed E-state index contributed by atoms with van der Waals surface area (Å²) in [4.78, 5) is 0. The Labute approximate surface area is 107 Å². The predicted octanol–water partition coefficient (Wildman–Crippen LogP) is 1.61. The van der Waals surface area contributed by atoms with Crippen molar-refractivity contribution in [2.24, 2.45) is 0 Å². The number of unbranched alkanes of at least 4 members (excludes halogenated alkanes) is 1. The number of hydrogen-bond acceptors (Lipinski definition) is 4. The van der Waals surface area contributed by atoms with Crippen molar-refractivity contribution in [2.45, 2.75) is 52.6 Å². The summed E-state index contributed by atoms with van der Waals surface area (Å²) in [7, 11) is 0. The van der Waals surface area contributed by atoms with Crippen molar-refractivity contribution in [1.82, 2.24) is 30.0 Å². The van der Waals surface area contributed by atoms with Gasteiger partial charge in [0, 0.05) is 25.5 Å². The Bertz CT molecular complexity index is 472. The predicted molar refractivity (Wildman–Crippen MR) is 68.0 cm³/mol. The third kappa shape index (κ3) is 3.65. The van der Waals surface area contributed by atoms with Gasteiger partial charge in [0.2, 0.25) is 0 Å². The van der Waals surface area contributed by atoms with Crippen LogP contribution in [-0.4, -0.2) is 30.0 Å². The van der Waals surface area contributed by atoms with Gasteiger partial charge < -0.3 is 0 Å². The summed E-state index contributed by atoms with van der Waals surface area (Å²) in [6, 6.07) is 0. The molecule has 0 unspecified atom stereocenters. The monoisotopic (exact) mass is 248 g/mol. The number of hydrogen-bond donors (Lipinski definition) is 0. The molecule has 0 aromatic carbocycles. The van der Waals surface area contributed by atoms with Crippen molar-refractivity contribution in [1.29, 1.82) is 0 Å². The van der Waals surface area contributed by atoms with Gasteiger partial charge in [0.25, 0.3) is 0 Å². The highest BCUT2D eigenvalue weighted by atomic mass is 15.4. The summed E-state index contributed by atoms with van der Waals surface area (Å²) in [6.07, 6.45) is 8.38. The van der Waals surface area contributed by atoms with Crippen LogP contribution < -0.4 is 0 Å². The lowest BCUT2D eigenvalue weighted by molar-refractivity contribution is 0.484. The van der Waals surface area contributed by atoms with Crippen molar-refractivity contribution in [3.8, 4) is 0 Å². The van der Waals surface area contributed by atoms with E-state index in [1.54, 1.807) is 0 Å². The van der Waals surface area contributed by atoms with Crippen molar-refractivity contribution in [3.05, 3.63) is 23.8 Å². The second-order valence-corrected chi connectivity index (χ2v) is 4.55. The number of aromatic nitrogens is 6. The Morgan fingerprint density at radius 2 is 1.72 bits per heavy atom. The van der Waals surface area contributed by atoms with Crippen LogP contribution in [0.25, 0.3) is 0 Å². The number of aryl methyl sites for hydroxylation is 4. The van der Waals surface area contributed by atoms with Gasteiger partial charge in [-0.1, -0.05) is 23.8 Å².